The lowest BCUT2D eigenvalue weighted by atomic mass is 9.95. The van der Waals surface area contributed by atoms with Crippen molar-refractivity contribution in [2.24, 2.45) is 5.73 Å². The molecule has 1 unspecified atom stereocenters. The molecule has 0 amide bonds. The van der Waals surface area contributed by atoms with Gasteiger partial charge in [0.1, 0.15) is 5.54 Å². The SMILES string of the molecule is CC(N)(C#N)c1ccc(Cl)cc1. The van der Waals surface area contributed by atoms with E-state index in [4.69, 9.17) is 22.6 Å². The molecule has 0 aliphatic rings. The van der Waals surface area contributed by atoms with Gasteiger partial charge in [-0.2, -0.15) is 5.26 Å². The van der Waals surface area contributed by atoms with Crippen molar-refractivity contribution in [1.82, 2.24) is 0 Å². The van der Waals surface area contributed by atoms with Crippen LogP contribution in [-0.2, 0) is 5.54 Å². The molecule has 0 heterocycles. The van der Waals surface area contributed by atoms with Gasteiger partial charge in [-0.05, 0) is 24.6 Å². The third-order valence-corrected chi connectivity index (χ3v) is 1.93. The summed E-state index contributed by atoms with van der Waals surface area (Å²) in [4.78, 5) is 0. The van der Waals surface area contributed by atoms with Gasteiger partial charge >= 0.3 is 0 Å². The first-order valence-electron chi connectivity index (χ1n) is 3.52. The molecular weight excluding hydrogens is 172 g/mol. The van der Waals surface area contributed by atoms with Crippen molar-refractivity contribution >= 4 is 11.6 Å². The first kappa shape index (κ1) is 9.05. The van der Waals surface area contributed by atoms with E-state index in [0.29, 0.717) is 5.02 Å². The Labute approximate surface area is 76.6 Å². The van der Waals surface area contributed by atoms with Gasteiger partial charge in [0.25, 0.3) is 0 Å². The fourth-order valence-corrected chi connectivity index (χ4v) is 0.987. The first-order chi connectivity index (χ1) is 5.56. The van der Waals surface area contributed by atoms with Gasteiger partial charge in [0, 0.05) is 5.02 Å². The maximum Gasteiger partial charge on any atom is 0.126 e. The van der Waals surface area contributed by atoms with Gasteiger partial charge in [-0.1, -0.05) is 23.7 Å². The number of rotatable bonds is 1. The molecular formula is C9H9ClN2. The minimum Gasteiger partial charge on any atom is -0.310 e. The Morgan fingerprint density at radius 2 is 1.92 bits per heavy atom. The molecule has 2 N–H and O–H groups in total. The average molecular weight is 181 g/mol. The topological polar surface area (TPSA) is 49.8 Å². The lowest BCUT2D eigenvalue weighted by molar-refractivity contribution is 0.646. The number of halogens is 1. The second-order valence-corrected chi connectivity index (χ2v) is 3.26. The van der Waals surface area contributed by atoms with Gasteiger partial charge < -0.3 is 5.73 Å². The zero-order chi connectivity index (χ0) is 9.19. The molecule has 0 spiro atoms. The van der Waals surface area contributed by atoms with Gasteiger partial charge in [0.15, 0.2) is 0 Å². The molecule has 2 nitrogen and oxygen atoms in total. The van der Waals surface area contributed by atoms with Crippen molar-refractivity contribution in [3.8, 4) is 6.07 Å². The summed E-state index contributed by atoms with van der Waals surface area (Å²) in [6.45, 7) is 1.66. The van der Waals surface area contributed by atoms with Crippen LogP contribution in [0.3, 0.4) is 0 Å². The van der Waals surface area contributed by atoms with Crippen molar-refractivity contribution in [1.29, 1.82) is 5.26 Å². The molecule has 1 aromatic carbocycles. The summed E-state index contributed by atoms with van der Waals surface area (Å²) in [5.41, 5.74) is 5.53. The highest BCUT2D eigenvalue weighted by Crippen LogP contribution is 2.18. The predicted octanol–water partition coefficient (Wildman–Crippen LogP) is 2.04. The molecule has 0 aliphatic carbocycles. The molecule has 0 saturated heterocycles. The van der Waals surface area contributed by atoms with Crippen molar-refractivity contribution in [2.75, 3.05) is 0 Å². The number of nitriles is 1. The van der Waals surface area contributed by atoms with Crippen LogP contribution in [0.4, 0.5) is 0 Å². The standard InChI is InChI=1S/C9H9ClN2/c1-9(12,6-11)7-2-4-8(10)5-3-7/h2-5H,12H2,1H3. The number of nitrogens with zero attached hydrogens (tertiary/aromatic N) is 1. The second kappa shape index (κ2) is 3.14. The molecule has 0 fully saturated rings. The van der Waals surface area contributed by atoms with Crippen molar-refractivity contribution in [2.45, 2.75) is 12.5 Å². The van der Waals surface area contributed by atoms with E-state index in [9.17, 15) is 0 Å². The Morgan fingerprint density at radius 1 is 1.42 bits per heavy atom. The normalized spacial score (nSPS) is 14.8. The van der Waals surface area contributed by atoms with Crippen LogP contribution < -0.4 is 5.73 Å². The van der Waals surface area contributed by atoms with Gasteiger partial charge in [-0.25, -0.2) is 0 Å². The highest BCUT2D eigenvalue weighted by Gasteiger charge is 2.19. The summed E-state index contributed by atoms with van der Waals surface area (Å²) in [7, 11) is 0. The first-order valence-corrected chi connectivity index (χ1v) is 3.90. The molecule has 12 heavy (non-hydrogen) atoms. The quantitative estimate of drug-likeness (QED) is 0.719. The van der Waals surface area contributed by atoms with E-state index in [1.807, 2.05) is 6.07 Å². The van der Waals surface area contributed by atoms with Crippen LogP contribution in [0.5, 0.6) is 0 Å². The Balaban J connectivity index is 3.07. The van der Waals surface area contributed by atoms with Crippen molar-refractivity contribution < 1.29 is 0 Å². The molecule has 62 valence electrons. The van der Waals surface area contributed by atoms with Crippen LogP contribution in [0.25, 0.3) is 0 Å². The molecule has 0 saturated carbocycles. The molecule has 0 radical (unpaired) electrons. The van der Waals surface area contributed by atoms with Crippen LogP contribution in [0.2, 0.25) is 5.02 Å². The maximum atomic E-state index is 8.71. The lowest BCUT2D eigenvalue weighted by Gasteiger charge is -2.15. The Morgan fingerprint density at radius 3 is 2.33 bits per heavy atom. The molecule has 0 bridgehead atoms. The van der Waals surface area contributed by atoms with Crippen molar-refractivity contribution in [3.63, 3.8) is 0 Å². The molecule has 0 aliphatic heterocycles. The Bertz CT molecular complexity index is 308. The monoisotopic (exact) mass is 180 g/mol. The fraction of sp³-hybridized carbons (Fsp3) is 0.222. The van der Waals surface area contributed by atoms with Crippen LogP contribution in [0.15, 0.2) is 24.3 Å². The highest BCUT2D eigenvalue weighted by atomic mass is 35.5. The number of nitrogens with two attached hydrogens (primary N) is 1. The molecule has 3 heteroatoms. The summed E-state index contributed by atoms with van der Waals surface area (Å²) in [6, 6.07) is 8.97. The fourth-order valence-electron chi connectivity index (χ4n) is 0.861. The second-order valence-electron chi connectivity index (χ2n) is 2.82. The number of hydrogen-bond donors (Lipinski definition) is 1. The largest absolute Gasteiger partial charge is 0.310 e. The van der Waals surface area contributed by atoms with E-state index in [2.05, 4.69) is 0 Å². The van der Waals surface area contributed by atoms with E-state index >= 15 is 0 Å². The van der Waals surface area contributed by atoms with Gasteiger partial charge in [0.05, 0.1) is 6.07 Å². The third-order valence-electron chi connectivity index (χ3n) is 1.68. The van der Waals surface area contributed by atoms with E-state index in [-0.39, 0.29) is 0 Å². The lowest BCUT2D eigenvalue weighted by Crippen LogP contribution is -2.30. The van der Waals surface area contributed by atoms with Crippen LogP contribution in [0.1, 0.15) is 12.5 Å². The van der Waals surface area contributed by atoms with Gasteiger partial charge in [-0.3, -0.25) is 0 Å². The third kappa shape index (κ3) is 1.76. The number of benzene rings is 1. The summed E-state index contributed by atoms with van der Waals surface area (Å²) in [6.07, 6.45) is 0. The Kier molecular flexibility index (Phi) is 2.37. The van der Waals surface area contributed by atoms with Gasteiger partial charge in [-0.15, -0.1) is 0 Å². The summed E-state index contributed by atoms with van der Waals surface area (Å²) in [5.74, 6) is 0. The highest BCUT2D eigenvalue weighted by molar-refractivity contribution is 6.30. The minimum absolute atomic E-state index is 0.646. The summed E-state index contributed by atoms with van der Waals surface area (Å²) in [5, 5.41) is 9.35. The van der Waals surface area contributed by atoms with Crippen LogP contribution in [0, 0.1) is 11.3 Å². The Hall–Kier alpha value is -1.04. The minimum atomic E-state index is -0.926. The molecule has 1 atom stereocenters. The van der Waals surface area contributed by atoms with Crippen LogP contribution in [-0.4, -0.2) is 0 Å². The average Bonchev–Trinajstić information content (AvgIpc) is 2.05. The van der Waals surface area contributed by atoms with E-state index in [1.165, 1.54) is 0 Å². The zero-order valence-corrected chi connectivity index (χ0v) is 7.47. The van der Waals surface area contributed by atoms with Crippen LogP contribution >= 0.6 is 11.6 Å². The van der Waals surface area contributed by atoms with Crippen molar-refractivity contribution in [3.05, 3.63) is 34.9 Å². The summed E-state index contributed by atoms with van der Waals surface area (Å²) < 4.78 is 0. The zero-order valence-electron chi connectivity index (χ0n) is 6.71. The van der Waals surface area contributed by atoms with E-state index in [0.717, 1.165) is 5.56 Å². The summed E-state index contributed by atoms with van der Waals surface area (Å²) >= 11 is 5.68. The van der Waals surface area contributed by atoms with E-state index < -0.39 is 5.54 Å². The predicted molar refractivity (Wildman–Crippen MR) is 48.6 cm³/mol. The molecule has 0 aromatic heterocycles. The smallest absolute Gasteiger partial charge is 0.126 e. The number of hydrogen-bond acceptors (Lipinski definition) is 2. The van der Waals surface area contributed by atoms with Gasteiger partial charge in [0.2, 0.25) is 0 Å². The maximum absolute atomic E-state index is 8.71. The molecule has 1 rings (SSSR count). The molecule has 1 aromatic rings. The van der Waals surface area contributed by atoms with E-state index in [1.54, 1.807) is 31.2 Å².